The molecule has 0 aromatic heterocycles. The van der Waals surface area contributed by atoms with Gasteiger partial charge in [-0.15, -0.1) is 0 Å². The second-order valence-electron chi connectivity index (χ2n) is 6.44. The zero-order valence-corrected chi connectivity index (χ0v) is 15.5. The molecule has 3 heterocycles. The predicted molar refractivity (Wildman–Crippen MR) is 91.0 cm³/mol. The van der Waals surface area contributed by atoms with Crippen LogP contribution in [0.1, 0.15) is 20.8 Å². The molecule has 1 N–H and O–H groups in total. The van der Waals surface area contributed by atoms with E-state index in [2.05, 4.69) is 15.3 Å². The van der Waals surface area contributed by atoms with Crippen molar-refractivity contribution < 1.29 is 38.1 Å². The third-order valence-electron chi connectivity index (χ3n) is 4.41. The van der Waals surface area contributed by atoms with Gasteiger partial charge in [0.2, 0.25) is 0 Å². The number of nitrogens with zero attached hydrogens (tertiary/aromatic N) is 3. The lowest BCUT2D eigenvalue weighted by Gasteiger charge is -2.42. The second-order valence-corrected chi connectivity index (χ2v) is 6.44. The fraction of sp³-hybridized carbons (Fsp3) is 0.625. The molecule has 3 aliphatic rings. The molecule has 5 atom stereocenters. The van der Waals surface area contributed by atoms with Crippen molar-refractivity contribution >= 4 is 36.5 Å². The van der Waals surface area contributed by atoms with Gasteiger partial charge >= 0.3 is 17.9 Å². The van der Waals surface area contributed by atoms with Crippen LogP contribution in [0, 0.1) is 0 Å². The van der Waals surface area contributed by atoms with Crippen LogP contribution in [0.2, 0.25) is 0 Å². The Morgan fingerprint density at radius 3 is 2.64 bits per heavy atom. The van der Waals surface area contributed by atoms with Crippen LogP contribution in [0.4, 0.5) is 0 Å². The van der Waals surface area contributed by atoms with E-state index in [1.807, 2.05) is 0 Å². The molecule has 1 saturated heterocycles. The molecule has 3 rings (SSSR count). The van der Waals surface area contributed by atoms with Gasteiger partial charge in [-0.1, -0.05) is 0 Å². The molecule has 0 aliphatic carbocycles. The number of aliphatic imine (C=N–C) groups is 2. The van der Waals surface area contributed by atoms with E-state index in [-0.39, 0.29) is 19.1 Å². The van der Waals surface area contributed by atoms with E-state index in [4.69, 9.17) is 18.9 Å². The van der Waals surface area contributed by atoms with Gasteiger partial charge in [0.25, 0.3) is 11.6 Å². The number of fused-ring (bicyclic) bond motifs is 1. The first kappa shape index (κ1) is 19.7. The molecule has 12 heteroatoms. The van der Waals surface area contributed by atoms with E-state index >= 15 is 0 Å². The molecule has 1 amide bonds. The van der Waals surface area contributed by atoms with Gasteiger partial charge in [-0.2, -0.15) is 0 Å². The summed E-state index contributed by atoms with van der Waals surface area (Å²) in [5.41, 5.74) is -1.64. The molecule has 0 radical (unpaired) electrons. The first-order valence-corrected chi connectivity index (χ1v) is 8.50. The molecule has 0 aromatic carbocycles. The van der Waals surface area contributed by atoms with Crippen LogP contribution in [0.25, 0.3) is 0 Å². The molecule has 0 aromatic rings. The summed E-state index contributed by atoms with van der Waals surface area (Å²) in [6, 6.07) is -0.858. The number of carbonyl (C=O) groups excluding carboxylic acids is 4. The smallest absolute Gasteiger partial charge is 0.304 e. The van der Waals surface area contributed by atoms with Gasteiger partial charge in [-0.25, -0.2) is 4.99 Å². The number of hydrogen-bond donors (Lipinski definition) is 1. The molecule has 0 saturated carbocycles. The molecule has 3 aliphatic heterocycles. The molecule has 12 nitrogen and oxygen atoms in total. The topological polar surface area (TPSA) is 145 Å². The molecular formula is C16H20N4O8. The highest BCUT2D eigenvalue weighted by molar-refractivity contribution is 5.96. The van der Waals surface area contributed by atoms with Crippen molar-refractivity contribution in [3.63, 3.8) is 0 Å². The molecule has 0 bridgehead atoms. The number of esters is 3. The average molecular weight is 396 g/mol. The Hall–Kier alpha value is -3.02. The quantitative estimate of drug-likeness (QED) is 0.426. The normalized spacial score (nSPS) is 33.2. The summed E-state index contributed by atoms with van der Waals surface area (Å²) >= 11 is 0. The summed E-state index contributed by atoms with van der Waals surface area (Å²) in [7, 11) is 0. The highest BCUT2D eigenvalue weighted by Gasteiger charge is 2.62. The zero-order valence-electron chi connectivity index (χ0n) is 15.5. The van der Waals surface area contributed by atoms with Crippen molar-refractivity contribution in [3.05, 3.63) is 0 Å². The standard InChI is InChI=1S/C16H20N4O8/c1-8(21)25-4-11-13(27-9(2)22)16(5-26-11,28-10(3)23)20-7-19-12-14(20)17-6-18-15(12)24/h6-7,11-14H,4-5H2,1-3H3,(H,17,18,24)/t11-,12-,13+,14-,16+/m0/s1. The second kappa shape index (κ2) is 7.54. The lowest BCUT2D eigenvalue weighted by atomic mass is 10.0. The number of amides is 1. The minimum atomic E-state index is -1.64. The van der Waals surface area contributed by atoms with E-state index < -0.39 is 48.0 Å². The van der Waals surface area contributed by atoms with Gasteiger partial charge in [-0.05, 0) is 0 Å². The van der Waals surface area contributed by atoms with E-state index in [0.717, 1.165) is 0 Å². The van der Waals surface area contributed by atoms with Crippen molar-refractivity contribution in [2.45, 2.75) is 50.9 Å². The van der Waals surface area contributed by atoms with E-state index in [9.17, 15) is 19.2 Å². The number of rotatable bonds is 5. The largest absolute Gasteiger partial charge is 0.463 e. The maximum absolute atomic E-state index is 12.0. The van der Waals surface area contributed by atoms with E-state index in [0.29, 0.717) is 0 Å². The van der Waals surface area contributed by atoms with Crippen LogP contribution in [-0.4, -0.2) is 84.7 Å². The van der Waals surface area contributed by atoms with Crippen molar-refractivity contribution in [3.8, 4) is 0 Å². The minimum absolute atomic E-state index is 0.219. The lowest BCUT2D eigenvalue weighted by Crippen LogP contribution is -2.65. The van der Waals surface area contributed by atoms with Gasteiger partial charge < -0.3 is 24.3 Å². The summed E-state index contributed by atoms with van der Waals surface area (Å²) in [4.78, 5) is 56.6. The van der Waals surface area contributed by atoms with Gasteiger partial charge in [0.05, 0.1) is 12.7 Å². The van der Waals surface area contributed by atoms with Crippen LogP contribution in [0.15, 0.2) is 9.98 Å². The molecular weight excluding hydrogens is 376 g/mol. The van der Waals surface area contributed by atoms with Crippen LogP contribution in [-0.2, 0) is 38.1 Å². The zero-order chi connectivity index (χ0) is 20.5. The van der Waals surface area contributed by atoms with Gasteiger partial charge in [0.1, 0.15) is 19.3 Å². The molecule has 152 valence electrons. The molecule has 1 fully saturated rings. The van der Waals surface area contributed by atoms with Crippen molar-refractivity contribution in [2.75, 3.05) is 13.2 Å². The Morgan fingerprint density at radius 2 is 2.00 bits per heavy atom. The summed E-state index contributed by atoms with van der Waals surface area (Å²) in [5.74, 6) is -2.25. The molecule has 28 heavy (non-hydrogen) atoms. The van der Waals surface area contributed by atoms with Crippen molar-refractivity contribution in [2.24, 2.45) is 9.98 Å². The third kappa shape index (κ3) is 3.54. The summed E-state index contributed by atoms with van der Waals surface area (Å²) in [5, 5.41) is 2.45. The first-order valence-electron chi connectivity index (χ1n) is 8.50. The highest BCUT2D eigenvalue weighted by atomic mass is 16.7. The van der Waals surface area contributed by atoms with Gasteiger partial charge in [0, 0.05) is 20.8 Å². The van der Waals surface area contributed by atoms with Gasteiger partial charge in [0.15, 0.2) is 18.3 Å². The first-order chi connectivity index (χ1) is 13.2. The Kier molecular flexibility index (Phi) is 5.31. The number of hydrogen-bond acceptors (Lipinski definition) is 11. The Morgan fingerprint density at radius 1 is 1.25 bits per heavy atom. The van der Waals surface area contributed by atoms with Crippen LogP contribution in [0.3, 0.4) is 0 Å². The number of nitrogens with one attached hydrogen (secondary N) is 1. The monoisotopic (exact) mass is 396 g/mol. The van der Waals surface area contributed by atoms with Crippen LogP contribution >= 0.6 is 0 Å². The predicted octanol–water partition coefficient (Wildman–Crippen LogP) is -1.66. The van der Waals surface area contributed by atoms with E-state index in [1.165, 1.54) is 38.3 Å². The maximum Gasteiger partial charge on any atom is 0.304 e. The summed E-state index contributed by atoms with van der Waals surface area (Å²) in [6.45, 7) is 3.16. The van der Waals surface area contributed by atoms with Crippen molar-refractivity contribution in [1.82, 2.24) is 10.2 Å². The Balaban J connectivity index is 1.98. The van der Waals surface area contributed by atoms with Crippen molar-refractivity contribution in [1.29, 1.82) is 0 Å². The molecule has 0 spiro atoms. The van der Waals surface area contributed by atoms with Crippen LogP contribution < -0.4 is 5.32 Å². The Labute approximate surface area is 159 Å². The van der Waals surface area contributed by atoms with E-state index in [1.54, 1.807) is 0 Å². The highest BCUT2D eigenvalue weighted by Crippen LogP contribution is 2.38. The summed E-state index contributed by atoms with van der Waals surface area (Å²) < 4.78 is 21.6. The van der Waals surface area contributed by atoms with Gasteiger partial charge in [-0.3, -0.25) is 29.1 Å². The third-order valence-corrected chi connectivity index (χ3v) is 4.41. The lowest BCUT2D eigenvalue weighted by molar-refractivity contribution is -0.205. The van der Waals surface area contributed by atoms with Crippen LogP contribution in [0.5, 0.6) is 0 Å². The average Bonchev–Trinajstić information content (AvgIpc) is 3.16. The SMILES string of the molecule is CC(=O)OC[C@@H]1OC[C@](OC(C)=O)(N2C=N[C@@H]3C(=O)NC=N[C@H]32)[C@@H]1OC(C)=O. The number of ether oxygens (including phenoxy) is 4. The Bertz CT molecular complexity index is 753. The minimum Gasteiger partial charge on any atom is -0.463 e. The number of carbonyl (C=O) groups is 4. The maximum atomic E-state index is 12.0. The fourth-order valence-corrected chi connectivity index (χ4v) is 3.36. The fourth-order valence-electron chi connectivity index (χ4n) is 3.36. The summed E-state index contributed by atoms with van der Waals surface area (Å²) in [6.07, 6.45) is -0.337. The molecule has 0 unspecified atom stereocenters.